The van der Waals surface area contributed by atoms with E-state index in [4.69, 9.17) is 5.11 Å². The molecule has 0 amide bonds. The van der Waals surface area contributed by atoms with Crippen LogP contribution < -0.4 is 4.90 Å². The van der Waals surface area contributed by atoms with Crippen LogP contribution in [0.4, 0.5) is 17.1 Å². The molecule has 0 aliphatic heterocycles. The lowest BCUT2D eigenvalue weighted by Gasteiger charge is -2.26. The Labute approximate surface area is 191 Å². The third kappa shape index (κ3) is 5.27. The highest BCUT2D eigenvalue weighted by atomic mass is 16.2. The van der Waals surface area contributed by atoms with Crippen molar-refractivity contribution in [3.05, 3.63) is 114 Å². The monoisotopic (exact) mass is 421 g/mol. The first-order valence-electron chi connectivity index (χ1n) is 11.4. The average Bonchev–Trinajstić information content (AvgIpc) is 2.83. The van der Waals surface area contributed by atoms with Gasteiger partial charge >= 0.3 is 0 Å². The predicted molar refractivity (Wildman–Crippen MR) is 136 cm³/mol. The maximum Gasteiger partial charge on any atom is 0.0462 e. The van der Waals surface area contributed by atoms with E-state index in [9.17, 15) is 0 Å². The highest BCUT2D eigenvalue weighted by molar-refractivity contribution is 5.78. The van der Waals surface area contributed by atoms with E-state index in [-0.39, 0.29) is 6.61 Å². The van der Waals surface area contributed by atoms with E-state index in [1.807, 2.05) is 0 Å². The van der Waals surface area contributed by atoms with Crippen LogP contribution in [0.5, 0.6) is 0 Å². The third-order valence-corrected chi connectivity index (χ3v) is 5.87. The molecule has 0 saturated carbocycles. The molecule has 0 aliphatic carbocycles. The molecule has 1 N–H and O–H groups in total. The van der Waals surface area contributed by atoms with Crippen LogP contribution in [0.2, 0.25) is 0 Å². The van der Waals surface area contributed by atoms with E-state index in [0.717, 1.165) is 36.3 Å². The Balaban J connectivity index is 1.60. The van der Waals surface area contributed by atoms with E-state index < -0.39 is 0 Å². The summed E-state index contributed by atoms with van der Waals surface area (Å²) < 4.78 is 0. The predicted octanol–water partition coefficient (Wildman–Crippen LogP) is 7.76. The normalized spacial score (nSPS) is 10.8. The Kier molecular flexibility index (Phi) is 7.03. The van der Waals surface area contributed by atoms with Crippen LogP contribution in [0.25, 0.3) is 11.1 Å². The number of nitrogens with zero attached hydrogens (tertiary/aromatic N) is 1. The smallest absolute Gasteiger partial charge is 0.0462 e. The maximum atomic E-state index is 8.96. The molecule has 4 aromatic carbocycles. The fourth-order valence-electron chi connectivity index (χ4n) is 3.94. The van der Waals surface area contributed by atoms with Crippen molar-refractivity contribution >= 4 is 17.1 Å². The molecule has 0 aromatic heterocycles. The fraction of sp³-hybridized carbons (Fsp3) is 0.200. The van der Waals surface area contributed by atoms with Gasteiger partial charge < -0.3 is 10.0 Å². The molecule has 162 valence electrons. The van der Waals surface area contributed by atoms with Gasteiger partial charge in [-0.1, -0.05) is 71.8 Å². The molecule has 0 unspecified atom stereocenters. The largest absolute Gasteiger partial charge is 0.396 e. The van der Waals surface area contributed by atoms with Gasteiger partial charge in [0.1, 0.15) is 0 Å². The van der Waals surface area contributed by atoms with E-state index in [1.165, 1.54) is 27.8 Å². The first-order valence-corrected chi connectivity index (χ1v) is 11.4. The Morgan fingerprint density at radius 1 is 0.531 bits per heavy atom. The molecule has 0 atom stereocenters. The number of rotatable bonds is 8. The maximum absolute atomic E-state index is 8.96. The van der Waals surface area contributed by atoms with Gasteiger partial charge in [-0.05, 0) is 86.2 Å². The minimum Gasteiger partial charge on any atom is -0.396 e. The quantitative estimate of drug-likeness (QED) is 0.294. The van der Waals surface area contributed by atoms with Crippen molar-refractivity contribution in [2.75, 3.05) is 11.5 Å². The average molecular weight is 422 g/mol. The van der Waals surface area contributed by atoms with Gasteiger partial charge in [0, 0.05) is 23.7 Å². The summed E-state index contributed by atoms with van der Waals surface area (Å²) in [6, 6.07) is 34.9. The van der Waals surface area contributed by atoms with Crippen molar-refractivity contribution < 1.29 is 5.11 Å². The molecule has 0 spiro atoms. The SMILES string of the molecule is Cc1ccc(N(c2ccc(C)cc2)c2ccc(-c3ccc(CCCCO)cc3)cc2)cc1. The van der Waals surface area contributed by atoms with Gasteiger partial charge in [0.25, 0.3) is 0 Å². The Morgan fingerprint density at radius 3 is 1.38 bits per heavy atom. The number of aryl methyl sites for hydroxylation is 3. The minimum absolute atomic E-state index is 0.270. The van der Waals surface area contributed by atoms with Crippen LogP contribution in [0.1, 0.15) is 29.5 Å². The molecule has 0 heterocycles. The van der Waals surface area contributed by atoms with E-state index in [2.05, 4.69) is 116 Å². The van der Waals surface area contributed by atoms with Gasteiger partial charge in [0.05, 0.1) is 0 Å². The third-order valence-electron chi connectivity index (χ3n) is 5.87. The molecule has 0 aliphatic rings. The lowest BCUT2D eigenvalue weighted by Crippen LogP contribution is -2.09. The van der Waals surface area contributed by atoms with Gasteiger partial charge in [-0.2, -0.15) is 0 Å². The van der Waals surface area contributed by atoms with Crippen LogP contribution in [0, 0.1) is 13.8 Å². The summed E-state index contributed by atoms with van der Waals surface area (Å²) in [7, 11) is 0. The number of unbranched alkanes of at least 4 members (excludes halogenated alkanes) is 1. The Hall–Kier alpha value is -3.36. The topological polar surface area (TPSA) is 23.5 Å². The zero-order valence-corrected chi connectivity index (χ0v) is 19.0. The standard InChI is InChI=1S/C30H31NO/c1-23-6-16-28(17-7-23)31(29-18-8-24(2)9-19-29)30-20-14-27(15-21-30)26-12-10-25(11-13-26)5-3-4-22-32/h6-21,32H,3-5,22H2,1-2H3. The molecular formula is C30H31NO. The highest BCUT2D eigenvalue weighted by Crippen LogP contribution is 2.35. The molecule has 0 fully saturated rings. The second kappa shape index (κ2) is 10.3. The number of aliphatic hydroxyl groups excluding tert-OH is 1. The summed E-state index contributed by atoms with van der Waals surface area (Å²) in [6.45, 7) is 4.51. The van der Waals surface area contributed by atoms with Crippen LogP contribution in [-0.2, 0) is 6.42 Å². The molecule has 2 nitrogen and oxygen atoms in total. The van der Waals surface area contributed by atoms with Crippen molar-refractivity contribution in [2.45, 2.75) is 33.1 Å². The Morgan fingerprint density at radius 2 is 0.938 bits per heavy atom. The summed E-state index contributed by atoms with van der Waals surface area (Å²) in [4.78, 5) is 2.30. The summed E-state index contributed by atoms with van der Waals surface area (Å²) in [5.41, 5.74) is 9.72. The van der Waals surface area contributed by atoms with Crippen LogP contribution in [-0.4, -0.2) is 11.7 Å². The summed E-state index contributed by atoms with van der Waals surface area (Å²) >= 11 is 0. The number of hydrogen-bond acceptors (Lipinski definition) is 2. The molecule has 0 saturated heterocycles. The zero-order valence-electron chi connectivity index (χ0n) is 19.0. The van der Waals surface area contributed by atoms with Crippen molar-refractivity contribution in [3.8, 4) is 11.1 Å². The number of benzene rings is 4. The Bertz CT molecular complexity index is 1070. The van der Waals surface area contributed by atoms with E-state index in [1.54, 1.807) is 0 Å². The van der Waals surface area contributed by atoms with Crippen molar-refractivity contribution in [2.24, 2.45) is 0 Å². The molecule has 0 bridgehead atoms. The van der Waals surface area contributed by atoms with Gasteiger partial charge in [-0.25, -0.2) is 0 Å². The van der Waals surface area contributed by atoms with Gasteiger partial charge in [0.15, 0.2) is 0 Å². The number of hydrogen-bond donors (Lipinski definition) is 1. The lowest BCUT2D eigenvalue weighted by molar-refractivity contribution is 0.284. The first-order chi connectivity index (χ1) is 15.6. The molecule has 32 heavy (non-hydrogen) atoms. The van der Waals surface area contributed by atoms with Crippen molar-refractivity contribution in [1.82, 2.24) is 0 Å². The van der Waals surface area contributed by atoms with Crippen molar-refractivity contribution in [1.29, 1.82) is 0 Å². The van der Waals surface area contributed by atoms with Crippen LogP contribution in [0.3, 0.4) is 0 Å². The minimum atomic E-state index is 0.270. The summed E-state index contributed by atoms with van der Waals surface area (Å²) in [6.07, 6.45) is 2.90. The van der Waals surface area contributed by atoms with Gasteiger partial charge in [0.2, 0.25) is 0 Å². The highest BCUT2D eigenvalue weighted by Gasteiger charge is 2.12. The first kappa shape index (κ1) is 21.9. The molecule has 4 aromatic rings. The van der Waals surface area contributed by atoms with E-state index in [0.29, 0.717) is 0 Å². The summed E-state index contributed by atoms with van der Waals surface area (Å²) in [5, 5.41) is 8.96. The fourth-order valence-corrected chi connectivity index (χ4v) is 3.94. The lowest BCUT2D eigenvalue weighted by atomic mass is 10.0. The number of anilines is 3. The van der Waals surface area contributed by atoms with Gasteiger partial charge in [-0.3, -0.25) is 0 Å². The second-order valence-corrected chi connectivity index (χ2v) is 8.43. The molecular weight excluding hydrogens is 390 g/mol. The molecule has 0 radical (unpaired) electrons. The molecule has 2 heteroatoms. The molecule has 4 rings (SSSR count). The second-order valence-electron chi connectivity index (χ2n) is 8.43. The zero-order chi connectivity index (χ0) is 22.3. The number of aliphatic hydroxyl groups is 1. The van der Waals surface area contributed by atoms with Crippen LogP contribution in [0.15, 0.2) is 97.1 Å². The van der Waals surface area contributed by atoms with Crippen LogP contribution >= 0.6 is 0 Å². The van der Waals surface area contributed by atoms with Gasteiger partial charge in [-0.15, -0.1) is 0 Å². The van der Waals surface area contributed by atoms with E-state index >= 15 is 0 Å². The summed E-state index contributed by atoms with van der Waals surface area (Å²) in [5.74, 6) is 0. The van der Waals surface area contributed by atoms with Crippen molar-refractivity contribution in [3.63, 3.8) is 0 Å².